The van der Waals surface area contributed by atoms with Gasteiger partial charge in [0.1, 0.15) is 0 Å². The number of hydrogen-bond acceptors (Lipinski definition) is 4. The minimum atomic E-state index is -3.55. The Morgan fingerprint density at radius 2 is 1.42 bits per heavy atom. The fraction of sp³-hybridized carbons (Fsp3) is 0.652. The molecule has 7 nitrogen and oxygen atoms in total. The molecule has 0 spiro atoms. The number of carbonyl (C=O) groups excluding carboxylic acids is 2. The van der Waals surface area contributed by atoms with E-state index in [4.69, 9.17) is 0 Å². The third-order valence-corrected chi connectivity index (χ3v) is 8.75. The quantitative estimate of drug-likeness (QED) is 0.710. The van der Waals surface area contributed by atoms with Crippen LogP contribution in [0.25, 0.3) is 0 Å². The van der Waals surface area contributed by atoms with E-state index in [1.165, 1.54) is 0 Å². The number of amides is 2. The van der Waals surface area contributed by atoms with Gasteiger partial charge in [-0.1, -0.05) is 20.3 Å². The zero-order valence-corrected chi connectivity index (χ0v) is 19.3. The molecule has 4 rings (SSSR count). The van der Waals surface area contributed by atoms with Crippen LogP contribution in [0.2, 0.25) is 0 Å². The minimum absolute atomic E-state index is 0.111. The first kappa shape index (κ1) is 22.3. The SMILES string of the molecule is CC1CC(C)CN(S(=O)(=O)c2ccc(C(=O)N3CCN(C(=O)C4CCC4)CC3)cc2)C1. The van der Waals surface area contributed by atoms with Crippen LogP contribution in [0.3, 0.4) is 0 Å². The highest BCUT2D eigenvalue weighted by Gasteiger charge is 2.33. The van der Waals surface area contributed by atoms with E-state index in [2.05, 4.69) is 13.8 Å². The lowest BCUT2D eigenvalue weighted by Crippen LogP contribution is -2.52. The second-order valence-corrected chi connectivity index (χ2v) is 11.5. The molecule has 1 saturated carbocycles. The van der Waals surface area contributed by atoms with E-state index in [1.54, 1.807) is 33.5 Å². The van der Waals surface area contributed by atoms with E-state index in [-0.39, 0.29) is 22.6 Å². The average molecular weight is 448 g/mol. The number of benzene rings is 1. The standard InChI is InChI=1S/C23H33N3O4S/c1-17-14-18(2)16-26(15-17)31(29,30)21-8-6-20(7-9-21)23(28)25-12-10-24(11-13-25)22(27)19-4-3-5-19/h6-9,17-19H,3-5,10-16H2,1-2H3. The molecule has 170 valence electrons. The molecule has 1 aliphatic carbocycles. The predicted octanol–water partition coefficient (Wildman–Crippen LogP) is 2.44. The van der Waals surface area contributed by atoms with Gasteiger partial charge in [-0.05, 0) is 55.4 Å². The molecule has 0 N–H and O–H groups in total. The third-order valence-electron chi connectivity index (χ3n) is 6.91. The Morgan fingerprint density at radius 3 is 1.94 bits per heavy atom. The molecule has 2 aliphatic heterocycles. The van der Waals surface area contributed by atoms with Crippen molar-refractivity contribution < 1.29 is 18.0 Å². The van der Waals surface area contributed by atoms with Crippen molar-refractivity contribution in [3.05, 3.63) is 29.8 Å². The summed E-state index contributed by atoms with van der Waals surface area (Å²) in [5, 5.41) is 0. The van der Waals surface area contributed by atoms with Crippen LogP contribution in [-0.2, 0) is 14.8 Å². The molecule has 2 unspecified atom stereocenters. The second kappa shape index (κ2) is 8.90. The lowest BCUT2D eigenvalue weighted by molar-refractivity contribution is -0.139. The molecule has 3 fully saturated rings. The van der Waals surface area contributed by atoms with Crippen LogP contribution in [0.15, 0.2) is 29.2 Å². The fourth-order valence-corrected chi connectivity index (χ4v) is 6.63. The molecule has 2 atom stereocenters. The van der Waals surface area contributed by atoms with Gasteiger partial charge in [-0.15, -0.1) is 0 Å². The Hall–Kier alpha value is -1.93. The largest absolute Gasteiger partial charge is 0.339 e. The lowest BCUT2D eigenvalue weighted by Gasteiger charge is -2.38. The molecule has 8 heteroatoms. The van der Waals surface area contributed by atoms with Gasteiger partial charge in [0.05, 0.1) is 4.90 Å². The normalized spacial score (nSPS) is 25.9. The number of nitrogens with zero attached hydrogens (tertiary/aromatic N) is 3. The third kappa shape index (κ3) is 4.65. The topological polar surface area (TPSA) is 78.0 Å². The smallest absolute Gasteiger partial charge is 0.253 e. The van der Waals surface area contributed by atoms with Gasteiger partial charge in [-0.2, -0.15) is 4.31 Å². The molecule has 1 aromatic carbocycles. The summed E-state index contributed by atoms with van der Waals surface area (Å²) in [7, 11) is -3.55. The maximum absolute atomic E-state index is 13.0. The van der Waals surface area contributed by atoms with E-state index >= 15 is 0 Å². The molecule has 1 aromatic rings. The highest BCUT2D eigenvalue weighted by molar-refractivity contribution is 7.89. The summed E-state index contributed by atoms with van der Waals surface area (Å²) in [5.41, 5.74) is 0.484. The summed E-state index contributed by atoms with van der Waals surface area (Å²) in [5.74, 6) is 0.986. The van der Waals surface area contributed by atoms with Crippen molar-refractivity contribution in [1.29, 1.82) is 0 Å². The Balaban J connectivity index is 1.38. The predicted molar refractivity (Wildman–Crippen MR) is 118 cm³/mol. The van der Waals surface area contributed by atoms with Crippen LogP contribution >= 0.6 is 0 Å². The molecule has 31 heavy (non-hydrogen) atoms. The fourth-order valence-electron chi connectivity index (χ4n) is 4.95. The monoisotopic (exact) mass is 447 g/mol. The van der Waals surface area contributed by atoms with E-state index in [0.29, 0.717) is 56.7 Å². The Kier molecular flexibility index (Phi) is 6.40. The summed E-state index contributed by atoms with van der Waals surface area (Å²) >= 11 is 0. The molecule has 0 aromatic heterocycles. The first-order valence-corrected chi connectivity index (χ1v) is 12.9. The van der Waals surface area contributed by atoms with Crippen molar-refractivity contribution in [2.75, 3.05) is 39.3 Å². The summed E-state index contributed by atoms with van der Waals surface area (Å²) in [6.45, 7) is 7.41. The maximum Gasteiger partial charge on any atom is 0.253 e. The van der Waals surface area contributed by atoms with Gasteiger partial charge < -0.3 is 9.80 Å². The summed E-state index contributed by atoms with van der Waals surface area (Å²) < 4.78 is 27.6. The lowest BCUT2D eigenvalue weighted by atomic mass is 9.84. The van der Waals surface area contributed by atoms with Crippen molar-refractivity contribution in [1.82, 2.24) is 14.1 Å². The molecule has 2 heterocycles. The van der Waals surface area contributed by atoms with Gasteiger partial charge in [0.2, 0.25) is 15.9 Å². The summed E-state index contributed by atoms with van der Waals surface area (Å²) in [6, 6.07) is 6.31. The molecular weight excluding hydrogens is 414 g/mol. The van der Waals surface area contributed by atoms with Gasteiger partial charge in [0.15, 0.2) is 0 Å². The second-order valence-electron chi connectivity index (χ2n) is 9.54. The van der Waals surface area contributed by atoms with Gasteiger partial charge in [0, 0.05) is 50.7 Å². The van der Waals surface area contributed by atoms with Crippen LogP contribution in [0, 0.1) is 17.8 Å². The van der Waals surface area contributed by atoms with E-state index in [0.717, 1.165) is 25.7 Å². The van der Waals surface area contributed by atoms with Crippen LogP contribution in [0.5, 0.6) is 0 Å². The van der Waals surface area contributed by atoms with E-state index in [9.17, 15) is 18.0 Å². The van der Waals surface area contributed by atoms with Crippen LogP contribution in [0.1, 0.15) is 49.9 Å². The van der Waals surface area contributed by atoms with Crippen molar-refractivity contribution in [3.63, 3.8) is 0 Å². The maximum atomic E-state index is 13.0. The van der Waals surface area contributed by atoms with Crippen LogP contribution in [-0.4, -0.2) is 73.6 Å². The Morgan fingerprint density at radius 1 is 0.871 bits per heavy atom. The van der Waals surface area contributed by atoms with Gasteiger partial charge in [-0.25, -0.2) is 8.42 Å². The summed E-state index contributed by atoms with van der Waals surface area (Å²) in [4.78, 5) is 29.1. The zero-order chi connectivity index (χ0) is 22.2. The number of piperidine rings is 1. The highest BCUT2D eigenvalue weighted by atomic mass is 32.2. The first-order valence-electron chi connectivity index (χ1n) is 11.4. The number of rotatable bonds is 4. The number of piperazine rings is 1. The van der Waals surface area contributed by atoms with Gasteiger partial charge in [0.25, 0.3) is 5.91 Å². The Labute approximate surface area is 185 Å². The van der Waals surface area contributed by atoms with Crippen LogP contribution < -0.4 is 0 Å². The Bertz CT molecular complexity index is 909. The molecule has 2 amide bonds. The van der Waals surface area contributed by atoms with Gasteiger partial charge in [-0.3, -0.25) is 9.59 Å². The zero-order valence-electron chi connectivity index (χ0n) is 18.5. The first-order chi connectivity index (χ1) is 14.8. The van der Waals surface area contributed by atoms with Crippen molar-refractivity contribution >= 4 is 21.8 Å². The van der Waals surface area contributed by atoms with Crippen molar-refractivity contribution in [2.24, 2.45) is 17.8 Å². The summed E-state index contributed by atoms with van der Waals surface area (Å²) in [6.07, 6.45) is 4.15. The average Bonchev–Trinajstić information content (AvgIpc) is 2.71. The molecule has 2 saturated heterocycles. The molecule has 0 bridgehead atoms. The van der Waals surface area contributed by atoms with Gasteiger partial charge >= 0.3 is 0 Å². The minimum Gasteiger partial charge on any atom is -0.339 e. The highest BCUT2D eigenvalue weighted by Crippen LogP contribution is 2.29. The number of hydrogen-bond donors (Lipinski definition) is 0. The molecule has 0 radical (unpaired) electrons. The molecular formula is C23H33N3O4S. The van der Waals surface area contributed by atoms with E-state index in [1.807, 2.05) is 4.90 Å². The van der Waals surface area contributed by atoms with Crippen molar-refractivity contribution in [2.45, 2.75) is 44.4 Å². The van der Waals surface area contributed by atoms with Crippen molar-refractivity contribution in [3.8, 4) is 0 Å². The van der Waals surface area contributed by atoms with E-state index < -0.39 is 10.0 Å². The van der Waals surface area contributed by atoms with Crippen LogP contribution in [0.4, 0.5) is 0 Å². The number of sulfonamides is 1. The number of carbonyl (C=O) groups is 2. The molecule has 3 aliphatic rings.